The van der Waals surface area contributed by atoms with Gasteiger partial charge in [0.25, 0.3) is 0 Å². The molecule has 0 radical (unpaired) electrons. The smallest absolute Gasteiger partial charge is 0.222 e. The maximum atomic E-state index is 12.6. The van der Waals surface area contributed by atoms with Crippen LogP contribution in [0.25, 0.3) is 0 Å². The lowest BCUT2D eigenvalue weighted by Crippen LogP contribution is -2.49. The van der Waals surface area contributed by atoms with Crippen molar-refractivity contribution >= 4 is 34.2 Å². The van der Waals surface area contributed by atoms with Crippen LogP contribution in [0.5, 0.6) is 0 Å². The molecule has 1 atom stereocenters. The molecule has 0 aliphatic carbocycles. The van der Waals surface area contributed by atoms with Gasteiger partial charge >= 0.3 is 0 Å². The normalized spacial score (nSPS) is 16.2. The third-order valence-electron chi connectivity index (χ3n) is 5.12. The lowest BCUT2D eigenvalue weighted by molar-refractivity contribution is -0.132. The van der Waals surface area contributed by atoms with Gasteiger partial charge in [-0.25, -0.2) is 4.98 Å². The number of halogens is 1. The molecule has 1 fully saturated rings. The van der Waals surface area contributed by atoms with Crippen molar-refractivity contribution in [2.24, 2.45) is 11.3 Å². The molecule has 0 N–H and O–H groups in total. The SMILES string of the molecule is CC(CC(=O)N1CCN(c2nc(Cc3ccc(Cl)cc3)ns2)CC1)CC(C)(C)C. The first-order valence-corrected chi connectivity index (χ1v) is 11.4. The summed E-state index contributed by atoms with van der Waals surface area (Å²) in [5, 5.41) is 1.68. The quantitative estimate of drug-likeness (QED) is 0.649. The zero-order valence-electron chi connectivity index (χ0n) is 17.8. The number of hydrogen-bond acceptors (Lipinski definition) is 5. The molecule has 3 rings (SSSR count). The maximum absolute atomic E-state index is 12.6. The molecule has 0 bridgehead atoms. The molecule has 1 saturated heterocycles. The first kappa shape index (κ1) is 22.0. The number of aromatic nitrogens is 2. The Morgan fingerprint density at radius 3 is 2.45 bits per heavy atom. The van der Waals surface area contributed by atoms with Crippen LogP contribution in [0.2, 0.25) is 5.02 Å². The fourth-order valence-corrected chi connectivity index (χ4v) is 4.78. The van der Waals surface area contributed by atoms with E-state index in [9.17, 15) is 4.79 Å². The Hall–Kier alpha value is -1.66. The summed E-state index contributed by atoms with van der Waals surface area (Å²) in [6.45, 7) is 12.0. The summed E-state index contributed by atoms with van der Waals surface area (Å²) in [7, 11) is 0. The highest BCUT2D eigenvalue weighted by Gasteiger charge is 2.25. The van der Waals surface area contributed by atoms with E-state index >= 15 is 0 Å². The second-order valence-electron chi connectivity index (χ2n) is 9.24. The van der Waals surface area contributed by atoms with Crippen molar-refractivity contribution in [3.05, 3.63) is 40.7 Å². The molecule has 1 unspecified atom stereocenters. The standard InChI is InChI=1S/C22H31ClN4OS/c1-16(15-22(2,3)4)13-20(28)26-9-11-27(12-10-26)21-24-19(25-29-21)14-17-5-7-18(23)8-6-17/h5-8,16H,9-15H2,1-4H3. The van der Waals surface area contributed by atoms with Crippen LogP contribution < -0.4 is 4.90 Å². The Morgan fingerprint density at radius 2 is 1.83 bits per heavy atom. The topological polar surface area (TPSA) is 49.3 Å². The van der Waals surface area contributed by atoms with Crippen LogP contribution >= 0.6 is 23.1 Å². The number of carbonyl (C=O) groups is 1. The van der Waals surface area contributed by atoms with Crippen molar-refractivity contribution < 1.29 is 4.79 Å². The van der Waals surface area contributed by atoms with Gasteiger partial charge in [-0.05, 0) is 35.4 Å². The summed E-state index contributed by atoms with van der Waals surface area (Å²) < 4.78 is 4.51. The van der Waals surface area contributed by atoms with Gasteiger partial charge in [0.05, 0.1) is 0 Å². The largest absolute Gasteiger partial charge is 0.343 e. The van der Waals surface area contributed by atoms with Crippen LogP contribution in [0.4, 0.5) is 5.13 Å². The van der Waals surface area contributed by atoms with E-state index in [1.807, 2.05) is 29.2 Å². The molecular weight excluding hydrogens is 404 g/mol. The molecule has 1 aromatic carbocycles. The van der Waals surface area contributed by atoms with E-state index in [-0.39, 0.29) is 11.3 Å². The summed E-state index contributed by atoms with van der Waals surface area (Å²) >= 11 is 7.39. The molecule has 29 heavy (non-hydrogen) atoms. The van der Waals surface area contributed by atoms with Crippen molar-refractivity contribution in [2.75, 3.05) is 31.1 Å². The molecule has 158 valence electrons. The molecule has 2 aromatic rings. The number of nitrogens with zero attached hydrogens (tertiary/aromatic N) is 4. The minimum absolute atomic E-state index is 0.264. The monoisotopic (exact) mass is 434 g/mol. The maximum Gasteiger partial charge on any atom is 0.222 e. The number of rotatable bonds is 6. The summed E-state index contributed by atoms with van der Waals surface area (Å²) in [4.78, 5) is 21.6. The van der Waals surface area contributed by atoms with E-state index in [1.165, 1.54) is 11.5 Å². The molecule has 1 aliphatic rings. The minimum Gasteiger partial charge on any atom is -0.343 e. The predicted octanol–water partition coefficient (Wildman–Crippen LogP) is 4.89. The van der Waals surface area contributed by atoms with Gasteiger partial charge in [-0.2, -0.15) is 4.37 Å². The Labute approximate surface area is 183 Å². The third kappa shape index (κ3) is 6.68. The van der Waals surface area contributed by atoms with Crippen LogP contribution in [0.1, 0.15) is 51.9 Å². The second kappa shape index (κ2) is 9.43. The zero-order chi connectivity index (χ0) is 21.0. The van der Waals surface area contributed by atoms with Gasteiger partial charge in [-0.3, -0.25) is 4.79 Å². The molecule has 1 aromatic heterocycles. The molecule has 2 heterocycles. The fraction of sp³-hybridized carbons (Fsp3) is 0.591. The summed E-state index contributed by atoms with van der Waals surface area (Å²) in [5.74, 6) is 1.53. The van der Waals surface area contributed by atoms with E-state index in [4.69, 9.17) is 16.6 Å². The average Bonchev–Trinajstić information content (AvgIpc) is 3.10. The van der Waals surface area contributed by atoms with E-state index < -0.39 is 0 Å². The Kier molecular flexibility index (Phi) is 7.17. The van der Waals surface area contributed by atoms with Crippen LogP contribution in [-0.4, -0.2) is 46.3 Å². The number of piperazine rings is 1. The first-order valence-electron chi connectivity index (χ1n) is 10.3. The van der Waals surface area contributed by atoms with Gasteiger partial charge in [-0.1, -0.05) is 51.4 Å². The van der Waals surface area contributed by atoms with E-state index in [0.717, 1.165) is 54.1 Å². The molecule has 5 nitrogen and oxygen atoms in total. The van der Waals surface area contributed by atoms with Crippen molar-refractivity contribution in [2.45, 2.75) is 47.0 Å². The van der Waals surface area contributed by atoms with Gasteiger partial charge in [0.1, 0.15) is 5.82 Å². The van der Waals surface area contributed by atoms with Gasteiger partial charge < -0.3 is 9.80 Å². The van der Waals surface area contributed by atoms with Crippen molar-refractivity contribution in [1.82, 2.24) is 14.3 Å². The molecule has 0 spiro atoms. The van der Waals surface area contributed by atoms with Crippen molar-refractivity contribution in [1.29, 1.82) is 0 Å². The summed E-state index contributed by atoms with van der Waals surface area (Å²) in [6, 6.07) is 7.80. The number of hydrogen-bond donors (Lipinski definition) is 0. The summed E-state index contributed by atoms with van der Waals surface area (Å²) in [6.07, 6.45) is 2.42. The highest BCUT2D eigenvalue weighted by molar-refractivity contribution is 7.09. The molecule has 7 heteroatoms. The number of benzene rings is 1. The van der Waals surface area contributed by atoms with Crippen LogP contribution in [-0.2, 0) is 11.2 Å². The molecule has 1 amide bonds. The zero-order valence-corrected chi connectivity index (χ0v) is 19.4. The van der Waals surface area contributed by atoms with Crippen LogP contribution in [0.15, 0.2) is 24.3 Å². The highest BCUT2D eigenvalue weighted by Crippen LogP contribution is 2.27. The number of anilines is 1. The Balaban J connectivity index is 1.48. The van der Waals surface area contributed by atoms with Crippen LogP contribution in [0.3, 0.4) is 0 Å². The van der Waals surface area contributed by atoms with E-state index in [2.05, 4.69) is 37.0 Å². The highest BCUT2D eigenvalue weighted by atomic mass is 35.5. The second-order valence-corrected chi connectivity index (χ2v) is 10.4. The van der Waals surface area contributed by atoms with Gasteiger partial charge in [0, 0.05) is 55.6 Å². The minimum atomic E-state index is 0.264. The fourth-order valence-electron chi connectivity index (χ4n) is 3.92. The summed E-state index contributed by atoms with van der Waals surface area (Å²) in [5.41, 5.74) is 1.42. The van der Waals surface area contributed by atoms with Gasteiger partial charge in [0.2, 0.25) is 11.0 Å². The van der Waals surface area contributed by atoms with Gasteiger partial charge in [0.15, 0.2) is 0 Å². The van der Waals surface area contributed by atoms with E-state index in [0.29, 0.717) is 18.8 Å². The van der Waals surface area contributed by atoms with Crippen LogP contribution in [0, 0.1) is 11.3 Å². The van der Waals surface area contributed by atoms with Crippen molar-refractivity contribution in [3.8, 4) is 0 Å². The third-order valence-corrected chi connectivity index (χ3v) is 6.19. The van der Waals surface area contributed by atoms with E-state index in [1.54, 1.807) is 0 Å². The Morgan fingerprint density at radius 1 is 1.17 bits per heavy atom. The average molecular weight is 435 g/mol. The number of carbonyl (C=O) groups excluding carboxylic acids is 1. The molecule has 1 aliphatic heterocycles. The first-order chi connectivity index (χ1) is 13.7. The van der Waals surface area contributed by atoms with Crippen molar-refractivity contribution in [3.63, 3.8) is 0 Å². The Bertz CT molecular complexity index is 807. The lowest BCUT2D eigenvalue weighted by atomic mass is 9.84. The van der Waals surface area contributed by atoms with Gasteiger partial charge in [-0.15, -0.1) is 0 Å². The lowest BCUT2D eigenvalue weighted by Gasteiger charge is -2.35. The predicted molar refractivity (Wildman–Crippen MR) is 121 cm³/mol. The number of amides is 1. The molecule has 0 saturated carbocycles. The molecular formula is C22H31ClN4OS.